The van der Waals surface area contributed by atoms with Crippen molar-refractivity contribution in [2.24, 2.45) is 5.92 Å². The Morgan fingerprint density at radius 1 is 1.27 bits per heavy atom. The number of rotatable bonds is 6. The fraction of sp³-hybridized carbons (Fsp3) is 1.00. The molecule has 1 rings (SSSR count). The van der Waals surface area contributed by atoms with Gasteiger partial charge in [0.1, 0.15) is 0 Å². The molecule has 1 unspecified atom stereocenters. The predicted molar refractivity (Wildman–Crippen MR) is 68.6 cm³/mol. The van der Waals surface area contributed by atoms with Crippen LogP contribution >= 0.6 is 11.6 Å². The largest absolute Gasteiger partial charge is 0.299 e. The third kappa shape index (κ3) is 4.74. The van der Waals surface area contributed by atoms with E-state index in [1.807, 2.05) is 0 Å². The lowest BCUT2D eigenvalue weighted by molar-refractivity contribution is 0.143. The molecule has 90 valence electrons. The number of nitrogens with zero attached hydrogens (tertiary/aromatic N) is 1. The Kier molecular flexibility index (Phi) is 6.67. The van der Waals surface area contributed by atoms with Crippen molar-refractivity contribution in [1.82, 2.24) is 4.90 Å². The summed E-state index contributed by atoms with van der Waals surface area (Å²) in [5, 5.41) is 0. The van der Waals surface area contributed by atoms with E-state index in [0.29, 0.717) is 0 Å². The SMILES string of the molecule is CCC(C)CN(CCCl)C1CCCCC1. The Labute approximate surface area is 100 Å². The number of hydrogen-bond acceptors (Lipinski definition) is 1. The minimum absolute atomic E-state index is 0.785. The van der Waals surface area contributed by atoms with E-state index in [1.165, 1.54) is 45.1 Å². The molecule has 1 fully saturated rings. The van der Waals surface area contributed by atoms with E-state index < -0.39 is 0 Å². The zero-order valence-electron chi connectivity index (χ0n) is 10.3. The molecule has 1 nitrogen and oxygen atoms in total. The standard InChI is InChI=1S/C13H26ClN/c1-3-12(2)11-15(10-9-14)13-7-5-4-6-8-13/h12-13H,3-11H2,1-2H3. The maximum absolute atomic E-state index is 5.90. The first-order valence-corrected chi connectivity index (χ1v) is 7.11. The van der Waals surface area contributed by atoms with Crippen LogP contribution < -0.4 is 0 Å². The summed E-state index contributed by atoms with van der Waals surface area (Å²) < 4.78 is 0. The van der Waals surface area contributed by atoms with Gasteiger partial charge in [-0.25, -0.2) is 0 Å². The van der Waals surface area contributed by atoms with Gasteiger partial charge in [0.05, 0.1) is 0 Å². The molecule has 1 atom stereocenters. The molecule has 0 aromatic carbocycles. The molecule has 0 saturated heterocycles. The van der Waals surface area contributed by atoms with Crippen molar-refractivity contribution in [2.45, 2.75) is 58.4 Å². The molecule has 2 heteroatoms. The van der Waals surface area contributed by atoms with Crippen LogP contribution in [0.25, 0.3) is 0 Å². The van der Waals surface area contributed by atoms with Gasteiger partial charge in [-0.05, 0) is 18.8 Å². The van der Waals surface area contributed by atoms with E-state index in [9.17, 15) is 0 Å². The second kappa shape index (κ2) is 7.51. The summed E-state index contributed by atoms with van der Waals surface area (Å²) in [7, 11) is 0. The zero-order valence-corrected chi connectivity index (χ0v) is 11.1. The van der Waals surface area contributed by atoms with Crippen molar-refractivity contribution in [2.75, 3.05) is 19.0 Å². The van der Waals surface area contributed by atoms with Gasteiger partial charge < -0.3 is 0 Å². The molecule has 15 heavy (non-hydrogen) atoms. The summed E-state index contributed by atoms with van der Waals surface area (Å²) in [6, 6.07) is 0.825. The van der Waals surface area contributed by atoms with Crippen molar-refractivity contribution >= 4 is 11.6 Å². The summed E-state index contributed by atoms with van der Waals surface area (Å²) in [4.78, 5) is 2.64. The van der Waals surface area contributed by atoms with Gasteiger partial charge in [0.15, 0.2) is 0 Å². The Bertz CT molecular complexity index is 155. The summed E-state index contributed by atoms with van der Waals surface area (Å²) in [6.07, 6.45) is 8.36. The van der Waals surface area contributed by atoms with Crippen molar-refractivity contribution in [3.63, 3.8) is 0 Å². The third-order valence-corrected chi connectivity index (χ3v) is 3.87. The smallest absolute Gasteiger partial charge is 0.0351 e. The summed E-state index contributed by atoms with van der Waals surface area (Å²) in [5.74, 6) is 1.60. The number of hydrogen-bond donors (Lipinski definition) is 0. The summed E-state index contributed by atoms with van der Waals surface area (Å²) in [5.41, 5.74) is 0. The van der Waals surface area contributed by atoms with Gasteiger partial charge >= 0.3 is 0 Å². The quantitative estimate of drug-likeness (QED) is 0.627. The van der Waals surface area contributed by atoms with Gasteiger partial charge in [-0.3, -0.25) is 4.90 Å². The lowest BCUT2D eigenvalue weighted by Gasteiger charge is -2.35. The lowest BCUT2D eigenvalue weighted by atomic mass is 9.93. The van der Waals surface area contributed by atoms with E-state index in [-0.39, 0.29) is 0 Å². The molecule has 0 heterocycles. The van der Waals surface area contributed by atoms with E-state index in [2.05, 4.69) is 18.7 Å². The van der Waals surface area contributed by atoms with Gasteiger partial charge in [0, 0.05) is 25.0 Å². The average molecular weight is 232 g/mol. The van der Waals surface area contributed by atoms with Crippen LogP contribution in [0.1, 0.15) is 52.4 Å². The molecule has 0 amide bonds. The molecule has 0 spiro atoms. The summed E-state index contributed by atoms with van der Waals surface area (Å²) >= 11 is 5.90. The molecule has 0 aromatic heterocycles. The first-order valence-electron chi connectivity index (χ1n) is 6.58. The molecule has 0 aliphatic heterocycles. The molecule has 0 bridgehead atoms. The van der Waals surface area contributed by atoms with E-state index in [4.69, 9.17) is 11.6 Å². The number of alkyl halides is 1. The maximum atomic E-state index is 5.90. The van der Waals surface area contributed by atoms with E-state index >= 15 is 0 Å². The first kappa shape index (κ1) is 13.3. The van der Waals surface area contributed by atoms with Crippen molar-refractivity contribution in [3.05, 3.63) is 0 Å². The van der Waals surface area contributed by atoms with Gasteiger partial charge in [0.2, 0.25) is 0 Å². The van der Waals surface area contributed by atoms with Crippen LogP contribution in [0.2, 0.25) is 0 Å². The van der Waals surface area contributed by atoms with Gasteiger partial charge in [-0.1, -0.05) is 39.5 Å². The minimum Gasteiger partial charge on any atom is -0.299 e. The maximum Gasteiger partial charge on any atom is 0.0351 e. The fourth-order valence-electron chi connectivity index (χ4n) is 2.51. The summed E-state index contributed by atoms with van der Waals surface area (Å²) in [6.45, 7) is 6.96. The van der Waals surface area contributed by atoms with Gasteiger partial charge in [-0.2, -0.15) is 0 Å². The van der Waals surface area contributed by atoms with Crippen molar-refractivity contribution < 1.29 is 0 Å². The fourth-order valence-corrected chi connectivity index (χ4v) is 2.72. The normalized spacial score (nSPS) is 20.8. The van der Waals surface area contributed by atoms with Gasteiger partial charge in [-0.15, -0.1) is 11.6 Å². The molecule has 1 aliphatic carbocycles. The van der Waals surface area contributed by atoms with Crippen LogP contribution in [0.4, 0.5) is 0 Å². The highest BCUT2D eigenvalue weighted by Gasteiger charge is 2.21. The van der Waals surface area contributed by atoms with E-state index in [0.717, 1.165) is 24.4 Å². The molecule has 0 aromatic rings. The van der Waals surface area contributed by atoms with Crippen LogP contribution in [0, 0.1) is 5.92 Å². The second-order valence-electron chi connectivity index (χ2n) is 4.99. The monoisotopic (exact) mass is 231 g/mol. The first-order chi connectivity index (χ1) is 7.27. The van der Waals surface area contributed by atoms with E-state index in [1.54, 1.807) is 0 Å². The highest BCUT2D eigenvalue weighted by molar-refractivity contribution is 6.18. The second-order valence-corrected chi connectivity index (χ2v) is 5.37. The van der Waals surface area contributed by atoms with Crippen LogP contribution in [0.5, 0.6) is 0 Å². The van der Waals surface area contributed by atoms with Crippen LogP contribution in [0.15, 0.2) is 0 Å². The zero-order chi connectivity index (χ0) is 11.1. The molecule has 0 N–H and O–H groups in total. The lowest BCUT2D eigenvalue weighted by Crippen LogP contribution is -2.40. The topological polar surface area (TPSA) is 3.24 Å². The van der Waals surface area contributed by atoms with Crippen LogP contribution in [-0.2, 0) is 0 Å². The predicted octanol–water partition coefficient (Wildman–Crippen LogP) is 3.91. The Morgan fingerprint density at radius 3 is 2.47 bits per heavy atom. The average Bonchev–Trinajstić information content (AvgIpc) is 2.29. The highest BCUT2D eigenvalue weighted by atomic mass is 35.5. The molecule has 0 radical (unpaired) electrons. The Hall–Kier alpha value is 0.250. The minimum atomic E-state index is 0.785. The van der Waals surface area contributed by atoms with Crippen LogP contribution in [0.3, 0.4) is 0 Å². The Morgan fingerprint density at radius 2 is 1.93 bits per heavy atom. The molecular formula is C13H26ClN. The third-order valence-electron chi connectivity index (χ3n) is 3.71. The van der Waals surface area contributed by atoms with Crippen LogP contribution in [-0.4, -0.2) is 29.9 Å². The van der Waals surface area contributed by atoms with Gasteiger partial charge in [0.25, 0.3) is 0 Å². The molecule has 1 saturated carbocycles. The molecular weight excluding hydrogens is 206 g/mol. The Balaban J connectivity index is 2.39. The molecule has 1 aliphatic rings. The van der Waals surface area contributed by atoms with Crippen molar-refractivity contribution in [3.8, 4) is 0 Å². The van der Waals surface area contributed by atoms with Crippen molar-refractivity contribution in [1.29, 1.82) is 0 Å². The number of halogens is 1. The highest BCUT2D eigenvalue weighted by Crippen LogP contribution is 2.23.